The molecule has 1 amide bonds. The molecule has 0 fully saturated rings. The first-order valence-electron chi connectivity index (χ1n) is 8.85. The zero-order chi connectivity index (χ0) is 20.5. The van der Waals surface area contributed by atoms with Crippen LogP contribution in [0.2, 0.25) is 0 Å². The van der Waals surface area contributed by atoms with Crippen molar-refractivity contribution in [3.05, 3.63) is 57.8 Å². The molecule has 0 bridgehead atoms. The van der Waals surface area contributed by atoms with Gasteiger partial charge in [-0.1, -0.05) is 22.0 Å². The number of pyridine rings is 1. The number of carbonyl (C=O) groups excluding carboxylic acids is 1. The van der Waals surface area contributed by atoms with Gasteiger partial charge in [-0.05, 0) is 50.1 Å². The van der Waals surface area contributed by atoms with E-state index < -0.39 is 17.7 Å². The average molecular weight is 448 g/mol. The Hall–Kier alpha value is -2.61. The van der Waals surface area contributed by atoms with E-state index in [9.17, 15) is 14.7 Å². The number of nitrogens with one attached hydrogen (secondary N) is 1. The number of hydrogen-bond donors (Lipinski definition) is 2. The van der Waals surface area contributed by atoms with Crippen molar-refractivity contribution in [2.45, 2.75) is 39.0 Å². The second-order valence-electron chi connectivity index (χ2n) is 7.57. The zero-order valence-corrected chi connectivity index (χ0v) is 17.5. The summed E-state index contributed by atoms with van der Waals surface area (Å²) in [6.07, 6.45) is 2.50. The van der Waals surface area contributed by atoms with Crippen LogP contribution in [0.25, 0.3) is 0 Å². The number of hydrogen-bond acceptors (Lipinski definition) is 5. The van der Waals surface area contributed by atoms with Gasteiger partial charge in [0, 0.05) is 17.2 Å². The van der Waals surface area contributed by atoms with Gasteiger partial charge in [0.2, 0.25) is 0 Å². The minimum absolute atomic E-state index is 0.132. The van der Waals surface area contributed by atoms with E-state index in [0.717, 1.165) is 15.6 Å². The third kappa shape index (κ3) is 4.44. The molecule has 2 heterocycles. The van der Waals surface area contributed by atoms with Gasteiger partial charge in [-0.25, -0.2) is 9.59 Å². The van der Waals surface area contributed by atoms with E-state index in [1.165, 1.54) is 18.5 Å². The predicted molar refractivity (Wildman–Crippen MR) is 108 cm³/mol. The van der Waals surface area contributed by atoms with Crippen LogP contribution in [0.5, 0.6) is 0 Å². The summed E-state index contributed by atoms with van der Waals surface area (Å²) < 4.78 is 6.50. The lowest BCUT2D eigenvalue weighted by Crippen LogP contribution is -2.38. The Kier molecular flexibility index (Phi) is 5.60. The van der Waals surface area contributed by atoms with Gasteiger partial charge in [0.25, 0.3) is 0 Å². The van der Waals surface area contributed by atoms with Gasteiger partial charge in [-0.2, -0.15) is 0 Å². The summed E-state index contributed by atoms with van der Waals surface area (Å²) in [6, 6.07) is 7.03. The van der Waals surface area contributed by atoms with Crippen LogP contribution in [0.1, 0.15) is 48.3 Å². The molecule has 1 aromatic heterocycles. The Balaban J connectivity index is 1.87. The summed E-state index contributed by atoms with van der Waals surface area (Å²) in [6.45, 7) is 6.24. The van der Waals surface area contributed by atoms with Crippen LogP contribution >= 0.6 is 15.9 Å². The number of aromatic nitrogens is 1. The SMILES string of the molecule is CC(C)(C)OC(=O)N1Cc2cc(Br)ccc2C1CNc1cnccc1C(=O)O. The van der Waals surface area contributed by atoms with Crippen molar-refractivity contribution >= 4 is 33.7 Å². The predicted octanol–water partition coefficient (Wildman–Crippen LogP) is 4.45. The number of aromatic carboxylic acids is 1. The van der Waals surface area contributed by atoms with Crippen LogP contribution in [0, 0.1) is 0 Å². The number of carbonyl (C=O) groups is 2. The first-order valence-corrected chi connectivity index (χ1v) is 9.64. The fraction of sp³-hybridized carbons (Fsp3) is 0.350. The molecule has 0 saturated heterocycles. The molecular weight excluding hydrogens is 426 g/mol. The molecular formula is C20H22BrN3O4. The Bertz CT molecular complexity index is 911. The largest absolute Gasteiger partial charge is 0.478 e. The number of carboxylic acid groups (broad SMARTS) is 1. The van der Waals surface area contributed by atoms with E-state index in [0.29, 0.717) is 18.8 Å². The molecule has 1 aliphatic rings. The highest BCUT2D eigenvalue weighted by Gasteiger charge is 2.36. The highest BCUT2D eigenvalue weighted by atomic mass is 79.9. The molecule has 28 heavy (non-hydrogen) atoms. The van der Waals surface area contributed by atoms with E-state index in [1.54, 1.807) is 4.90 Å². The number of amides is 1. The van der Waals surface area contributed by atoms with Crippen LogP contribution < -0.4 is 5.32 Å². The number of ether oxygens (including phenoxy) is 1. The summed E-state index contributed by atoms with van der Waals surface area (Å²) in [5.74, 6) is -1.04. The number of rotatable bonds is 4. The third-order valence-electron chi connectivity index (χ3n) is 4.35. The topological polar surface area (TPSA) is 91.8 Å². The molecule has 0 saturated carbocycles. The Labute approximate surface area is 171 Å². The Morgan fingerprint density at radius 1 is 1.36 bits per heavy atom. The Morgan fingerprint density at radius 3 is 2.79 bits per heavy atom. The fourth-order valence-corrected chi connectivity index (χ4v) is 3.57. The molecule has 3 rings (SSSR count). The summed E-state index contributed by atoms with van der Waals surface area (Å²) in [5, 5.41) is 12.5. The van der Waals surface area contributed by atoms with Crippen molar-refractivity contribution in [2.24, 2.45) is 0 Å². The van der Waals surface area contributed by atoms with Crippen LogP contribution in [0.4, 0.5) is 10.5 Å². The molecule has 0 spiro atoms. The smallest absolute Gasteiger partial charge is 0.411 e. The molecule has 1 unspecified atom stereocenters. The monoisotopic (exact) mass is 447 g/mol. The number of fused-ring (bicyclic) bond motifs is 1. The van der Waals surface area contributed by atoms with Gasteiger partial charge in [-0.3, -0.25) is 9.88 Å². The van der Waals surface area contributed by atoms with Crippen LogP contribution in [-0.2, 0) is 11.3 Å². The molecule has 0 radical (unpaired) electrons. The van der Waals surface area contributed by atoms with E-state index in [4.69, 9.17) is 4.74 Å². The Morgan fingerprint density at radius 2 is 2.11 bits per heavy atom. The van der Waals surface area contributed by atoms with Crippen molar-refractivity contribution in [1.29, 1.82) is 0 Å². The highest BCUT2D eigenvalue weighted by Crippen LogP contribution is 2.36. The van der Waals surface area contributed by atoms with Gasteiger partial charge in [0.05, 0.1) is 30.0 Å². The number of benzene rings is 1. The van der Waals surface area contributed by atoms with Gasteiger partial charge in [-0.15, -0.1) is 0 Å². The number of anilines is 1. The zero-order valence-electron chi connectivity index (χ0n) is 15.9. The molecule has 7 nitrogen and oxygen atoms in total. The van der Waals surface area contributed by atoms with Gasteiger partial charge < -0.3 is 15.2 Å². The molecule has 1 aliphatic heterocycles. The highest BCUT2D eigenvalue weighted by molar-refractivity contribution is 9.10. The summed E-state index contributed by atoms with van der Waals surface area (Å²) in [4.78, 5) is 29.8. The lowest BCUT2D eigenvalue weighted by atomic mass is 10.0. The van der Waals surface area contributed by atoms with E-state index in [2.05, 4.69) is 26.2 Å². The van der Waals surface area contributed by atoms with Crippen LogP contribution in [-0.4, -0.2) is 39.2 Å². The summed E-state index contributed by atoms with van der Waals surface area (Å²) >= 11 is 3.47. The molecule has 2 N–H and O–H groups in total. The first kappa shape index (κ1) is 20.1. The van der Waals surface area contributed by atoms with Crippen molar-refractivity contribution in [1.82, 2.24) is 9.88 Å². The van der Waals surface area contributed by atoms with Crippen molar-refractivity contribution in [2.75, 3.05) is 11.9 Å². The van der Waals surface area contributed by atoms with Crippen molar-refractivity contribution in [3.8, 4) is 0 Å². The van der Waals surface area contributed by atoms with E-state index in [-0.39, 0.29) is 11.6 Å². The molecule has 1 atom stereocenters. The number of nitrogens with zero attached hydrogens (tertiary/aromatic N) is 2. The van der Waals surface area contributed by atoms with Crippen LogP contribution in [0.3, 0.4) is 0 Å². The summed E-state index contributed by atoms with van der Waals surface area (Å²) in [7, 11) is 0. The first-order chi connectivity index (χ1) is 13.2. The lowest BCUT2D eigenvalue weighted by molar-refractivity contribution is 0.0182. The maximum atomic E-state index is 12.8. The van der Waals surface area contributed by atoms with E-state index >= 15 is 0 Å². The minimum Gasteiger partial charge on any atom is -0.478 e. The van der Waals surface area contributed by atoms with Crippen molar-refractivity contribution in [3.63, 3.8) is 0 Å². The van der Waals surface area contributed by atoms with Gasteiger partial charge in [0.1, 0.15) is 5.60 Å². The molecule has 1 aromatic carbocycles. The standard InChI is InChI=1S/C20H22BrN3O4/c1-20(2,3)28-19(27)24-11-12-8-13(21)4-5-14(12)17(24)10-23-16-9-22-7-6-15(16)18(25)26/h4-9,17,23H,10-11H2,1-3H3,(H,25,26). The quantitative estimate of drug-likeness (QED) is 0.719. The van der Waals surface area contributed by atoms with Gasteiger partial charge in [0.15, 0.2) is 0 Å². The van der Waals surface area contributed by atoms with E-state index in [1.807, 2.05) is 39.0 Å². The maximum absolute atomic E-state index is 12.8. The second kappa shape index (κ2) is 7.79. The molecule has 2 aromatic rings. The molecule has 0 aliphatic carbocycles. The summed E-state index contributed by atoms with van der Waals surface area (Å²) in [5.41, 5.74) is 1.96. The van der Waals surface area contributed by atoms with Gasteiger partial charge >= 0.3 is 12.1 Å². The molecule has 148 valence electrons. The average Bonchev–Trinajstić information content (AvgIpc) is 2.96. The normalized spacial score (nSPS) is 15.9. The minimum atomic E-state index is -1.04. The van der Waals surface area contributed by atoms with Crippen molar-refractivity contribution < 1.29 is 19.4 Å². The van der Waals surface area contributed by atoms with Crippen LogP contribution in [0.15, 0.2) is 41.1 Å². The second-order valence-corrected chi connectivity index (χ2v) is 8.49. The number of carboxylic acids is 1. The third-order valence-corrected chi connectivity index (χ3v) is 4.84. The fourth-order valence-electron chi connectivity index (χ4n) is 3.16. The lowest BCUT2D eigenvalue weighted by Gasteiger charge is -2.29. The maximum Gasteiger partial charge on any atom is 0.411 e. The number of halogens is 1. The molecule has 8 heteroatoms.